The molecule has 28 heavy (non-hydrogen) atoms. The number of imidazole rings is 1. The summed E-state index contributed by atoms with van der Waals surface area (Å²) in [4.78, 5) is 25.8. The lowest BCUT2D eigenvalue weighted by Gasteiger charge is -2.40. The summed E-state index contributed by atoms with van der Waals surface area (Å²) in [5, 5.41) is 0. The fraction of sp³-hybridized carbons (Fsp3) is 0.500. The molecule has 0 radical (unpaired) electrons. The molecule has 1 atom stereocenters. The van der Waals surface area contributed by atoms with Crippen molar-refractivity contribution in [1.29, 1.82) is 0 Å². The highest BCUT2D eigenvalue weighted by Crippen LogP contribution is 2.32. The highest BCUT2D eigenvalue weighted by atomic mass is 32.2. The van der Waals surface area contributed by atoms with E-state index in [-0.39, 0.29) is 12.5 Å². The number of hydrogen-bond acceptors (Lipinski definition) is 6. The Morgan fingerprint density at radius 2 is 1.79 bits per heavy atom. The van der Waals surface area contributed by atoms with Gasteiger partial charge in [0.05, 0.1) is 24.0 Å². The maximum absolute atomic E-state index is 13.4. The standard InChI is InChI=1S/C18H24N6O3S/c1-21-13-20-15-5-8-24(28(2,26)27)17(16(15)21)18(25)23-11-9-22(10-12-23)14-3-6-19-7-4-14/h3-4,6-7,13,17H,5,8-12H2,1-2H3/t17-/m1/s1. The zero-order chi connectivity index (χ0) is 19.9. The Labute approximate surface area is 164 Å². The Bertz CT molecular complexity index is 966. The Balaban J connectivity index is 1.57. The molecule has 0 N–H and O–H groups in total. The zero-order valence-corrected chi connectivity index (χ0v) is 16.8. The molecule has 0 saturated carbocycles. The molecule has 0 aliphatic carbocycles. The Morgan fingerprint density at radius 3 is 2.43 bits per heavy atom. The molecule has 1 amide bonds. The minimum absolute atomic E-state index is 0.177. The lowest BCUT2D eigenvalue weighted by atomic mass is 10.0. The highest BCUT2D eigenvalue weighted by molar-refractivity contribution is 7.88. The fourth-order valence-corrected chi connectivity index (χ4v) is 5.02. The summed E-state index contributed by atoms with van der Waals surface area (Å²) < 4.78 is 27.8. The highest BCUT2D eigenvalue weighted by Gasteiger charge is 2.42. The van der Waals surface area contributed by atoms with E-state index in [0.717, 1.165) is 17.6 Å². The number of fused-ring (bicyclic) bond motifs is 1. The normalized spacial score (nSPS) is 20.9. The van der Waals surface area contributed by atoms with Crippen LogP contribution in [0.4, 0.5) is 5.69 Å². The number of piperazine rings is 1. The van der Waals surface area contributed by atoms with E-state index in [2.05, 4.69) is 14.9 Å². The maximum Gasteiger partial charge on any atom is 0.247 e. The number of amides is 1. The monoisotopic (exact) mass is 404 g/mol. The van der Waals surface area contributed by atoms with Crippen LogP contribution < -0.4 is 4.90 Å². The third-order valence-electron chi connectivity index (χ3n) is 5.46. The van der Waals surface area contributed by atoms with Crippen LogP contribution in [0.2, 0.25) is 0 Å². The third kappa shape index (κ3) is 3.37. The molecular formula is C18H24N6O3S. The van der Waals surface area contributed by atoms with Gasteiger partial charge in [0.1, 0.15) is 6.04 Å². The topological polar surface area (TPSA) is 91.6 Å². The van der Waals surface area contributed by atoms with Gasteiger partial charge in [0.25, 0.3) is 0 Å². The van der Waals surface area contributed by atoms with E-state index in [4.69, 9.17) is 0 Å². The average Bonchev–Trinajstić information content (AvgIpc) is 3.08. The van der Waals surface area contributed by atoms with Crippen molar-refractivity contribution >= 4 is 21.6 Å². The molecule has 0 spiro atoms. The van der Waals surface area contributed by atoms with Crippen LogP contribution in [0.5, 0.6) is 0 Å². The van der Waals surface area contributed by atoms with Crippen molar-refractivity contribution in [2.45, 2.75) is 12.5 Å². The van der Waals surface area contributed by atoms with E-state index in [1.54, 1.807) is 35.2 Å². The van der Waals surface area contributed by atoms with E-state index in [1.165, 1.54) is 4.31 Å². The minimum atomic E-state index is -3.52. The van der Waals surface area contributed by atoms with Gasteiger partial charge in [0.15, 0.2) is 0 Å². The molecule has 4 heterocycles. The summed E-state index contributed by atoms with van der Waals surface area (Å²) in [6.45, 7) is 2.75. The molecule has 10 heteroatoms. The van der Waals surface area contributed by atoms with Crippen molar-refractivity contribution < 1.29 is 13.2 Å². The van der Waals surface area contributed by atoms with E-state index >= 15 is 0 Å². The first-order valence-corrected chi connectivity index (χ1v) is 11.1. The fourth-order valence-electron chi connectivity index (χ4n) is 4.02. The summed E-state index contributed by atoms with van der Waals surface area (Å²) in [7, 11) is -1.72. The van der Waals surface area contributed by atoms with Gasteiger partial charge < -0.3 is 14.4 Å². The predicted molar refractivity (Wildman–Crippen MR) is 104 cm³/mol. The summed E-state index contributed by atoms with van der Waals surface area (Å²) >= 11 is 0. The molecule has 0 bridgehead atoms. The number of rotatable bonds is 3. The van der Waals surface area contributed by atoms with Crippen molar-refractivity contribution in [3.05, 3.63) is 42.2 Å². The predicted octanol–water partition coefficient (Wildman–Crippen LogP) is 0.0227. The molecule has 2 aromatic rings. The van der Waals surface area contributed by atoms with E-state index in [0.29, 0.717) is 38.3 Å². The van der Waals surface area contributed by atoms with Gasteiger partial charge in [-0.25, -0.2) is 13.4 Å². The number of aromatic nitrogens is 3. The number of carbonyl (C=O) groups excluding carboxylic acids is 1. The van der Waals surface area contributed by atoms with Crippen molar-refractivity contribution in [1.82, 2.24) is 23.7 Å². The summed E-state index contributed by atoms with van der Waals surface area (Å²) in [6, 6.07) is 3.05. The van der Waals surface area contributed by atoms with Crippen LogP contribution in [0.15, 0.2) is 30.9 Å². The summed E-state index contributed by atoms with van der Waals surface area (Å²) in [5.41, 5.74) is 2.56. The maximum atomic E-state index is 13.4. The van der Waals surface area contributed by atoms with Crippen LogP contribution in [0.3, 0.4) is 0 Å². The first-order valence-electron chi connectivity index (χ1n) is 9.27. The van der Waals surface area contributed by atoms with Gasteiger partial charge in [0.2, 0.25) is 15.9 Å². The van der Waals surface area contributed by atoms with Crippen LogP contribution in [-0.2, 0) is 28.3 Å². The molecule has 4 rings (SSSR count). The van der Waals surface area contributed by atoms with Crippen molar-refractivity contribution in [3.63, 3.8) is 0 Å². The van der Waals surface area contributed by atoms with E-state index in [9.17, 15) is 13.2 Å². The number of pyridine rings is 1. The van der Waals surface area contributed by atoms with E-state index < -0.39 is 16.1 Å². The Kier molecular flexibility index (Phi) is 4.84. The molecule has 2 aromatic heterocycles. The lowest BCUT2D eigenvalue weighted by molar-refractivity contribution is -0.136. The second-order valence-corrected chi connectivity index (χ2v) is 9.17. The Morgan fingerprint density at radius 1 is 1.11 bits per heavy atom. The van der Waals surface area contributed by atoms with Gasteiger partial charge in [-0.15, -0.1) is 0 Å². The number of aryl methyl sites for hydroxylation is 1. The molecule has 9 nitrogen and oxygen atoms in total. The number of nitrogens with zero attached hydrogens (tertiary/aromatic N) is 6. The lowest BCUT2D eigenvalue weighted by Crippen LogP contribution is -2.54. The minimum Gasteiger partial charge on any atom is -0.368 e. The first kappa shape index (κ1) is 18.9. The second kappa shape index (κ2) is 7.17. The molecule has 0 aromatic carbocycles. The van der Waals surface area contributed by atoms with Crippen LogP contribution in [0, 0.1) is 0 Å². The number of hydrogen-bond donors (Lipinski definition) is 0. The van der Waals surface area contributed by atoms with Crippen molar-refractivity contribution in [2.24, 2.45) is 7.05 Å². The van der Waals surface area contributed by atoms with Crippen LogP contribution >= 0.6 is 0 Å². The van der Waals surface area contributed by atoms with Crippen molar-refractivity contribution in [3.8, 4) is 0 Å². The molecule has 1 fully saturated rings. The Hall–Kier alpha value is -2.46. The first-order chi connectivity index (χ1) is 13.4. The van der Waals surface area contributed by atoms with Gasteiger partial charge >= 0.3 is 0 Å². The van der Waals surface area contributed by atoms with Gasteiger partial charge in [-0.05, 0) is 12.1 Å². The van der Waals surface area contributed by atoms with Gasteiger partial charge in [-0.2, -0.15) is 4.31 Å². The number of sulfonamides is 1. The van der Waals surface area contributed by atoms with Gasteiger partial charge in [-0.3, -0.25) is 9.78 Å². The summed E-state index contributed by atoms with van der Waals surface area (Å²) in [5.74, 6) is -0.177. The smallest absolute Gasteiger partial charge is 0.247 e. The average molecular weight is 404 g/mol. The van der Waals surface area contributed by atoms with Crippen LogP contribution in [0.1, 0.15) is 17.4 Å². The van der Waals surface area contributed by atoms with Gasteiger partial charge in [0, 0.05) is 64.3 Å². The number of anilines is 1. The van der Waals surface area contributed by atoms with Gasteiger partial charge in [-0.1, -0.05) is 0 Å². The van der Waals surface area contributed by atoms with E-state index in [1.807, 2.05) is 12.1 Å². The molecule has 150 valence electrons. The molecule has 2 aliphatic heterocycles. The summed E-state index contributed by atoms with van der Waals surface area (Å²) in [6.07, 6.45) is 6.84. The van der Waals surface area contributed by atoms with Crippen LogP contribution in [0.25, 0.3) is 0 Å². The third-order valence-corrected chi connectivity index (χ3v) is 6.70. The second-order valence-electron chi connectivity index (χ2n) is 7.23. The zero-order valence-electron chi connectivity index (χ0n) is 16.0. The number of carbonyl (C=O) groups is 1. The largest absolute Gasteiger partial charge is 0.368 e. The molecular weight excluding hydrogens is 380 g/mol. The quantitative estimate of drug-likeness (QED) is 0.716. The molecule has 0 unspecified atom stereocenters. The SMILES string of the molecule is Cn1cnc2c1[C@H](C(=O)N1CCN(c3ccncc3)CC1)N(S(C)(=O)=O)CC2. The van der Waals surface area contributed by atoms with Crippen molar-refractivity contribution in [2.75, 3.05) is 43.9 Å². The molecule has 2 aliphatic rings. The van der Waals surface area contributed by atoms with Crippen LogP contribution in [-0.4, -0.2) is 77.0 Å². The molecule has 1 saturated heterocycles.